The van der Waals surface area contributed by atoms with Gasteiger partial charge in [0.05, 0.1) is 23.7 Å². The monoisotopic (exact) mass is 303 g/mol. The Morgan fingerprint density at radius 1 is 1.27 bits per heavy atom. The van der Waals surface area contributed by atoms with Crippen molar-refractivity contribution in [3.8, 4) is 6.07 Å². The highest BCUT2D eigenvalue weighted by molar-refractivity contribution is 5.92. The van der Waals surface area contributed by atoms with Gasteiger partial charge in [-0.15, -0.1) is 0 Å². The zero-order valence-electron chi connectivity index (χ0n) is 12.4. The van der Waals surface area contributed by atoms with Crippen molar-refractivity contribution >= 4 is 17.8 Å². The molecule has 0 fully saturated rings. The summed E-state index contributed by atoms with van der Waals surface area (Å²) in [5, 5.41) is 13.7. The van der Waals surface area contributed by atoms with Gasteiger partial charge in [-0.2, -0.15) is 5.26 Å². The predicted molar refractivity (Wildman–Crippen MR) is 77.7 cm³/mol. The Hall–Kier alpha value is -2.88. The molecule has 0 radical (unpaired) electrons. The normalized spacial score (nSPS) is 9.73. The fourth-order valence-electron chi connectivity index (χ4n) is 1.53. The maximum Gasteiger partial charge on any atom is 0.338 e. The molecular formula is C15H17N3O4. The Kier molecular flexibility index (Phi) is 6.57. The second-order valence-corrected chi connectivity index (χ2v) is 4.77. The number of carbonyl (C=O) groups is 3. The van der Waals surface area contributed by atoms with Crippen LogP contribution in [-0.4, -0.2) is 37.0 Å². The van der Waals surface area contributed by atoms with Gasteiger partial charge in [0.25, 0.3) is 5.91 Å². The van der Waals surface area contributed by atoms with Gasteiger partial charge < -0.3 is 15.4 Å². The minimum absolute atomic E-state index is 0.0189. The number of carbonyl (C=O) groups excluding carboxylic acids is 3. The molecule has 0 bridgehead atoms. The molecule has 7 heteroatoms. The second kappa shape index (κ2) is 8.42. The quantitative estimate of drug-likeness (QED) is 0.737. The number of hydrogen-bond donors (Lipinski definition) is 2. The molecule has 2 amide bonds. The standard InChI is InChI=1S/C15H17N3O4/c1-10(2)18-13(19)8-17-14(20)9-22-15(21)12-5-3-4-11(6-12)7-16/h3-6,10H,8-9H2,1-2H3,(H,17,20)(H,18,19). The van der Waals surface area contributed by atoms with E-state index in [-0.39, 0.29) is 24.1 Å². The number of nitrogens with zero attached hydrogens (tertiary/aromatic N) is 1. The average Bonchev–Trinajstić information content (AvgIpc) is 2.50. The van der Waals surface area contributed by atoms with Crippen LogP contribution in [-0.2, 0) is 14.3 Å². The average molecular weight is 303 g/mol. The Morgan fingerprint density at radius 2 is 2.00 bits per heavy atom. The summed E-state index contributed by atoms with van der Waals surface area (Å²) in [6.45, 7) is 2.93. The molecule has 0 unspecified atom stereocenters. The summed E-state index contributed by atoms with van der Waals surface area (Å²) in [5.41, 5.74) is 0.508. The first kappa shape index (κ1) is 17.2. The second-order valence-electron chi connectivity index (χ2n) is 4.77. The lowest BCUT2D eigenvalue weighted by Gasteiger charge is -2.09. The van der Waals surface area contributed by atoms with E-state index >= 15 is 0 Å². The van der Waals surface area contributed by atoms with E-state index < -0.39 is 18.5 Å². The zero-order valence-corrected chi connectivity index (χ0v) is 12.4. The van der Waals surface area contributed by atoms with E-state index in [4.69, 9.17) is 10.00 Å². The lowest BCUT2D eigenvalue weighted by atomic mass is 10.1. The van der Waals surface area contributed by atoms with Crippen molar-refractivity contribution < 1.29 is 19.1 Å². The van der Waals surface area contributed by atoms with Crippen molar-refractivity contribution in [2.45, 2.75) is 19.9 Å². The SMILES string of the molecule is CC(C)NC(=O)CNC(=O)COC(=O)c1cccc(C#N)c1. The fourth-order valence-corrected chi connectivity index (χ4v) is 1.53. The highest BCUT2D eigenvalue weighted by Gasteiger charge is 2.11. The highest BCUT2D eigenvalue weighted by atomic mass is 16.5. The van der Waals surface area contributed by atoms with Crippen LogP contribution in [0.15, 0.2) is 24.3 Å². The molecule has 2 N–H and O–H groups in total. The summed E-state index contributed by atoms with van der Waals surface area (Å²) in [7, 11) is 0. The van der Waals surface area contributed by atoms with Crippen molar-refractivity contribution in [1.29, 1.82) is 5.26 Å². The van der Waals surface area contributed by atoms with Gasteiger partial charge in [-0.05, 0) is 32.0 Å². The summed E-state index contributed by atoms with van der Waals surface area (Å²) in [6, 6.07) is 7.84. The number of amides is 2. The third-order valence-corrected chi connectivity index (χ3v) is 2.46. The molecular weight excluding hydrogens is 286 g/mol. The van der Waals surface area contributed by atoms with E-state index in [1.165, 1.54) is 12.1 Å². The predicted octanol–water partition coefficient (Wildman–Crippen LogP) is 0.356. The van der Waals surface area contributed by atoms with Gasteiger partial charge in [0.2, 0.25) is 5.91 Å². The molecule has 7 nitrogen and oxygen atoms in total. The molecule has 1 rings (SSSR count). The van der Waals surface area contributed by atoms with Crippen LogP contribution >= 0.6 is 0 Å². The number of esters is 1. The van der Waals surface area contributed by atoms with E-state index in [0.29, 0.717) is 5.56 Å². The molecule has 0 atom stereocenters. The molecule has 0 aromatic heterocycles. The fraction of sp³-hybridized carbons (Fsp3) is 0.333. The van der Waals surface area contributed by atoms with Gasteiger partial charge in [-0.3, -0.25) is 9.59 Å². The lowest BCUT2D eigenvalue weighted by Crippen LogP contribution is -2.41. The first-order chi connectivity index (χ1) is 10.4. The summed E-state index contributed by atoms with van der Waals surface area (Å²) in [6.07, 6.45) is 0. The van der Waals surface area contributed by atoms with Gasteiger partial charge in [-0.25, -0.2) is 4.79 Å². The Bertz CT molecular complexity index is 605. The molecule has 116 valence electrons. The van der Waals surface area contributed by atoms with E-state index in [1.54, 1.807) is 26.0 Å². The topological polar surface area (TPSA) is 108 Å². The van der Waals surface area contributed by atoms with Gasteiger partial charge in [0, 0.05) is 6.04 Å². The molecule has 0 spiro atoms. The third kappa shape index (κ3) is 6.05. The third-order valence-electron chi connectivity index (χ3n) is 2.46. The zero-order chi connectivity index (χ0) is 16.5. The highest BCUT2D eigenvalue weighted by Crippen LogP contribution is 2.05. The molecule has 0 saturated heterocycles. The molecule has 22 heavy (non-hydrogen) atoms. The summed E-state index contributed by atoms with van der Waals surface area (Å²) >= 11 is 0. The molecule has 1 aromatic carbocycles. The van der Waals surface area contributed by atoms with E-state index in [2.05, 4.69) is 10.6 Å². The largest absolute Gasteiger partial charge is 0.452 e. The van der Waals surface area contributed by atoms with E-state index in [1.807, 2.05) is 6.07 Å². The lowest BCUT2D eigenvalue weighted by molar-refractivity contribution is -0.128. The van der Waals surface area contributed by atoms with Gasteiger partial charge in [0.1, 0.15) is 0 Å². The van der Waals surface area contributed by atoms with Crippen LogP contribution in [0.4, 0.5) is 0 Å². The number of benzene rings is 1. The number of ether oxygens (including phenoxy) is 1. The van der Waals surface area contributed by atoms with Gasteiger partial charge in [0.15, 0.2) is 6.61 Å². The smallest absolute Gasteiger partial charge is 0.338 e. The van der Waals surface area contributed by atoms with Crippen LogP contribution in [0.1, 0.15) is 29.8 Å². The maximum absolute atomic E-state index is 11.7. The minimum Gasteiger partial charge on any atom is -0.452 e. The summed E-state index contributed by atoms with van der Waals surface area (Å²) in [5.74, 6) is -1.61. The molecule has 0 aliphatic carbocycles. The van der Waals surface area contributed by atoms with E-state index in [0.717, 1.165) is 0 Å². The number of rotatable bonds is 6. The van der Waals surface area contributed by atoms with Crippen molar-refractivity contribution in [2.24, 2.45) is 0 Å². The van der Waals surface area contributed by atoms with Gasteiger partial charge in [-0.1, -0.05) is 6.07 Å². The molecule has 0 heterocycles. The van der Waals surface area contributed by atoms with Crippen LogP contribution in [0.3, 0.4) is 0 Å². The number of nitriles is 1. The Morgan fingerprint density at radius 3 is 2.64 bits per heavy atom. The maximum atomic E-state index is 11.7. The Balaban J connectivity index is 2.39. The van der Waals surface area contributed by atoms with E-state index in [9.17, 15) is 14.4 Å². The van der Waals surface area contributed by atoms with Crippen LogP contribution in [0.25, 0.3) is 0 Å². The van der Waals surface area contributed by atoms with Crippen LogP contribution in [0.2, 0.25) is 0 Å². The first-order valence-corrected chi connectivity index (χ1v) is 6.65. The van der Waals surface area contributed by atoms with Crippen LogP contribution < -0.4 is 10.6 Å². The van der Waals surface area contributed by atoms with Crippen molar-refractivity contribution in [2.75, 3.05) is 13.2 Å². The van der Waals surface area contributed by atoms with Crippen molar-refractivity contribution in [3.05, 3.63) is 35.4 Å². The van der Waals surface area contributed by atoms with Crippen molar-refractivity contribution in [3.63, 3.8) is 0 Å². The Labute approximate surface area is 128 Å². The molecule has 0 aliphatic heterocycles. The first-order valence-electron chi connectivity index (χ1n) is 6.65. The number of hydrogen-bond acceptors (Lipinski definition) is 5. The molecule has 0 aliphatic rings. The molecule has 1 aromatic rings. The summed E-state index contributed by atoms with van der Waals surface area (Å²) in [4.78, 5) is 34.5. The molecule has 0 saturated carbocycles. The number of nitrogens with one attached hydrogen (secondary N) is 2. The minimum atomic E-state index is -0.709. The van der Waals surface area contributed by atoms with Crippen molar-refractivity contribution in [1.82, 2.24) is 10.6 Å². The van der Waals surface area contributed by atoms with Crippen LogP contribution in [0, 0.1) is 11.3 Å². The van der Waals surface area contributed by atoms with Crippen LogP contribution in [0.5, 0.6) is 0 Å². The van der Waals surface area contributed by atoms with Gasteiger partial charge >= 0.3 is 5.97 Å². The summed E-state index contributed by atoms with van der Waals surface area (Å²) < 4.78 is 4.81.